The van der Waals surface area contributed by atoms with E-state index in [1.165, 1.54) is 36.4 Å². The number of rotatable bonds is 14. The van der Waals surface area contributed by atoms with E-state index >= 15 is 0 Å². The largest absolute Gasteiger partial charge is 0.508 e. The Labute approximate surface area is 299 Å². The quantitative estimate of drug-likeness (QED) is 0.0705. The number of ether oxygens (including phenoxy) is 3. The number of hydrogen-bond donors (Lipinski definition) is 5. The summed E-state index contributed by atoms with van der Waals surface area (Å²) >= 11 is 0. The third-order valence-corrected chi connectivity index (χ3v) is 7.16. The van der Waals surface area contributed by atoms with Gasteiger partial charge in [-0.1, -0.05) is 67.1 Å². The van der Waals surface area contributed by atoms with E-state index in [9.17, 15) is 29.4 Å². The standard InChI is InChI=1S/C34H28N2O9.C6H6O/c1-2-43-25-12-14-27(29(18-25)33(39)40)31(37)35-20-22-8-10-23(11-9-22)21-36-32(38)28-15-13-26(19-30(28)34(41)42)45-17-16-44-24-6-4-3-5-7-24;7-6-4-2-1-3-5-6/h1,3-15,18-19H,16-17,20-21H2,(H,35,37)(H,36,38)(H,39,40)(H,41,42);1-5,7H. The minimum Gasteiger partial charge on any atom is -0.508 e. The van der Waals surface area contributed by atoms with Crippen molar-refractivity contribution < 1.29 is 48.7 Å². The predicted molar refractivity (Wildman–Crippen MR) is 191 cm³/mol. The van der Waals surface area contributed by atoms with Gasteiger partial charge < -0.3 is 40.2 Å². The maximum absolute atomic E-state index is 12.8. The molecule has 264 valence electrons. The van der Waals surface area contributed by atoms with Crippen molar-refractivity contribution >= 4 is 23.8 Å². The van der Waals surface area contributed by atoms with Crippen molar-refractivity contribution in [3.63, 3.8) is 0 Å². The van der Waals surface area contributed by atoms with Crippen molar-refractivity contribution in [3.05, 3.63) is 155 Å². The number of carboxylic acid groups (broad SMARTS) is 2. The van der Waals surface area contributed by atoms with Crippen molar-refractivity contribution in [1.29, 1.82) is 0 Å². The van der Waals surface area contributed by atoms with Crippen LogP contribution in [0.2, 0.25) is 0 Å². The van der Waals surface area contributed by atoms with Crippen molar-refractivity contribution in [3.8, 4) is 35.5 Å². The van der Waals surface area contributed by atoms with E-state index in [1.54, 1.807) is 48.5 Å². The lowest BCUT2D eigenvalue weighted by molar-refractivity contribution is 0.0682. The molecule has 5 N–H and O–H groups in total. The van der Waals surface area contributed by atoms with Crippen LogP contribution in [-0.2, 0) is 13.1 Å². The molecule has 0 atom stereocenters. The molecular weight excluding hydrogens is 668 g/mol. The third kappa shape index (κ3) is 11.4. The number of hydrogen-bond acceptors (Lipinski definition) is 8. The van der Waals surface area contributed by atoms with Gasteiger partial charge in [0.05, 0.1) is 22.3 Å². The molecule has 52 heavy (non-hydrogen) atoms. The van der Waals surface area contributed by atoms with Crippen molar-refractivity contribution in [2.45, 2.75) is 13.1 Å². The molecule has 0 fully saturated rings. The Morgan fingerprint density at radius 3 is 1.44 bits per heavy atom. The minimum absolute atomic E-state index is 0.0191. The number of nitrogens with one attached hydrogen (secondary N) is 2. The van der Waals surface area contributed by atoms with Gasteiger partial charge in [0.2, 0.25) is 0 Å². The van der Waals surface area contributed by atoms with Gasteiger partial charge in [0, 0.05) is 13.1 Å². The second kappa shape index (κ2) is 19.1. The Kier molecular flexibility index (Phi) is 13.8. The molecule has 0 heterocycles. The number of carbonyl (C=O) groups excluding carboxylic acids is 2. The van der Waals surface area contributed by atoms with E-state index in [4.69, 9.17) is 25.7 Å². The summed E-state index contributed by atoms with van der Waals surface area (Å²) in [6, 6.07) is 32.9. The summed E-state index contributed by atoms with van der Waals surface area (Å²) in [6.45, 7) is 0.663. The van der Waals surface area contributed by atoms with Crippen LogP contribution in [-0.4, -0.2) is 52.3 Å². The van der Waals surface area contributed by atoms with Gasteiger partial charge in [-0.3, -0.25) is 9.59 Å². The number of aromatic hydroxyl groups is 1. The first-order chi connectivity index (χ1) is 25.1. The summed E-state index contributed by atoms with van der Waals surface area (Å²) in [7, 11) is 0. The van der Waals surface area contributed by atoms with Gasteiger partial charge in [-0.15, -0.1) is 0 Å². The lowest BCUT2D eigenvalue weighted by Gasteiger charge is -2.12. The molecular formula is C40H34N2O10. The fourth-order valence-electron chi connectivity index (χ4n) is 4.61. The Bertz CT molecular complexity index is 2030. The summed E-state index contributed by atoms with van der Waals surface area (Å²) in [5, 5.41) is 33.2. The Balaban J connectivity index is 0.000000771. The third-order valence-electron chi connectivity index (χ3n) is 7.16. The number of phenols is 1. The van der Waals surface area contributed by atoms with Crippen LogP contribution in [0.4, 0.5) is 0 Å². The van der Waals surface area contributed by atoms with Gasteiger partial charge >= 0.3 is 11.9 Å². The number of para-hydroxylation sites is 2. The molecule has 0 aliphatic heterocycles. The highest BCUT2D eigenvalue weighted by Gasteiger charge is 2.19. The van der Waals surface area contributed by atoms with Crippen LogP contribution >= 0.6 is 0 Å². The normalized spacial score (nSPS) is 9.98. The molecule has 5 aromatic rings. The van der Waals surface area contributed by atoms with Crippen LogP contribution in [0.5, 0.6) is 23.0 Å². The average molecular weight is 703 g/mol. The smallest absolute Gasteiger partial charge is 0.336 e. The molecule has 2 amide bonds. The number of terminal acetylenes is 1. The fourth-order valence-corrected chi connectivity index (χ4v) is 4.61. The van der Waals surface area contributed by atoms with E-state index in [0.717, 1.165) is 11.1 Å². The molecule has 0 spiro atoms. The van der Waals surface area contributed by atoms with E-state index < -0.39 is 23.8 Å². The van der Waals surface area contributed by atoms with Crippen LogP contribution in [0.25, 0.3) is 0 Å². The van der Waals surface area contributed by atoms with Gasteiger partial charge in [-0.05, 0) is 71.8 Å². The molecule has 0 aliphatic rings. The molecule has 0 unspecified atom stereocenters. The van der Waals surface area contributed by atoms with Gasteiger partial charge in [0.25, 0.3) is 11.8 Å². The second-order valence-corrected chi connectivity index (χ2v) is 10.8. The molecule has 0 aliphatic carbocycles. The van der Waals surface area contributed by atoms with Crippen LogP contribution < -0.4 is 24.8 Å². The van der Waals surface area contributed by atoms with E-state index in [2.05, 4.69) is 10.6 Å². The van der Waals surface area contributed by atoms with Crippen molar-refractivity contribution in [1.82, 2.24) is 10.6 Å². The summed E-state index contributed by atoms with van der Waals surface area (Å²) in [5.41, 5.74) is 0.918. The molecule has 0 saturated heterocycles. The molecule has 0 bridgehead atoms. The van der Waals surface area contributed by atoms with Crippen LogP contribution in [0.3, 0.4) is 0 Å². The lowest BCUT2D eigenvalue weighted by atomic mass is 10.1. The highest BCUT2D eigenvalue weighted by atomic mass is 16.5. The molecule has 5 aromatic carbocycles. The molecule has 12 nitrogen and oxygen atoms in total. The van der Waals surface area contributed by atoms with Gasteiger partial charge in [0.15, 0.2) is 0 Å². The van der Waals surface area contributed by atoms with Crippen molar-refractivity contribution in [2.24, 2.45) is 0 Å². The first kappa shape index (κ1) is 37.6. The molecule has 0 saturated carbocycles. The number of benzene rings is 5. The number of phenolic OH excluding ortho intramolecular Hbond substituents is 1. The van der Waals surface area contributed by atoms with Gasteiger partial charge in [-0.25, -0.2) is 9.59 Å². The van der Waals surface area contributed by atoms with Crippen LogP contribution in [0.15, 0.2) is 121 Å². The highest BCUT2D eigenvalue weighted by Crippen LogP contribution is 2.20. The lowest BCUT2D eigenvalue weighted by Crippen LogP contribution is -2.25. The van der Waals surface area contributed by atoms with E-state index in [-0.39, 0.29) is 60.1 Å². The molecule has 0 radical (unpaired) electrons. The zero-order chi connectivity index (χ0) is 37.3. The number of carbonyl (C=O) groups is 4. The van der Waals surface area contributed by atoms with E-state index in [0.29, 0.717) is 11.5 Å². The Hall–Kier alpha value is -7.26. The Morgan fingerprint density at radius 1 is 0.558 bits per heavy atom. The summed E-state index contributed by atoms with van der Waals surface area (Å²) in [5.74, 6) is -2.33. The summed E-state index contributed by atoms with van der Waals surface area (Å²) in [6.07, 6.45) is 7.02. The zero-order valence-electron chi connectivity index (χ0n) is 27.7. The predicted octanol–water partition coefficient (Wildman–Crippen LogP) is 5.76. The molecule has 5 rings (SSSR count). The monoisotopic (exact) mass is 702 g/mol. The van der Waals surface area contributed by atoms with Crippen LogP contribution in [0.1, 0.15) is 52.6 Å². The number of carboxylic acids is 2. The second-order valence-electron chi connectivity index (χ2n) is 10.8. The first-order valence-corrected chi connectivity index (χ1v) is 15.7. The minimum atomic E-state index is -1.31. The highest BCUT2D eigenvalue weighted by molar-refractivity contribution is 6.05. The number of aromatic carboxylic acids is 2. The molecule has 12 heteroatoms. The maximum Gasteiger partial charge on any atom is 0.336 e. The zero-order valence-corrected chi connectivity index (χ0v) is 27.7. The SMILES string of the molecule is C#COc1ccc(C(=O)NCc2ccc(CNC(=O)c3ccc(OCCOc4ccccc4)cc3C(=O)O)cc2)c(C(=O)O)c1.Oc1ccccc1. The molecule has 0 aromatic heterocycles. The first-order valence-electron chi connectivity index (χ1n) is 15.7. The van der Waals surface area contributed by atoms with Crippen molar-refractivity contribution in [2.75, 3.05) is 13.2 Å². The van der Waals surface area contributed by atoms with E-state index in [1.807, 2.05) is 42.5 Å². The summed E-state index contributed by atoms with van der Waals surface area (Å²) < 4.78 is 16.0. The van der Waals surface area contributed by atoms with Crippen LogP contribution in [0, 0.1) is 12.5 Å². The number of amides is 2. The topological polar surface area (TPSA) is 181 Å². The average Bonchev–Trinajstić information content (AvgIpc) is 3.16. The van der Waals surface area contributed by atoms with Gasteiger partial charge in [0.1, 0.15) is 42.3 Å². The van der Waals surface area contributed by atoms with Gasteiger partial charge in [-0.2, -0.15) is 0 Å². The summed E-state index contributed by atoms with van der Waals surface area (Å²) in [4.78, 5) is 49.0. The Morgan fingerprint density at radius 2 is 1.00 bits per heavy atom. The fraction of sp³-hybridized carbons (Fsp3) is 0.100. The maximum atomic E-state index is 12.8.